The molecule has 0 spiro atoms. The van der Waals surface area contributed by atoms with E-state index in [-0.39, 0.29) is 19.4 Å². The predicted molar refractivity (Wildman–Crippen MR) is 57.5 cm³/mol. The van der Waals surface area contributed by atoms with Crippen molar-refractivity contribution in [3.05, 3.63) is 12.2 Å². The van der Waals surface area contributed by atoms with Crippen LogP contribution in [0.4, 0.5) is 0 Å². The van der Waals surface area contributed by atoms with Gasteiger partial charge in [0.2, 0.25) is 0 Å². The third-order valence-corrected chi connectivity index (χ3v) is 2.63. The van der Waals surface area contributed by atoms with E-state index in [0.29, 0.717) is 5.06 Å². The second-order valence-corrected chi connectivity index (χ2v) is 4.12. The topological polar surface area (TPSA) is 84.0 Å². The molecule has 1 unspecified atom stereocenters. The highest BCUT2D eigenvalue weighted by Gasteiger charge is 2.33. The molecule has 0 saturated carbocycles. The lowest BCUT2D eigenvalue weighted by atomic mass is 10.3. The molecule has 4 amide bonds. The molecule has 96 valence electrons. The number of nitrogens with zero attached hydrogens (tertiary/aromatic N) is 2. The molecule has 2 aliphatic heterocycles. The quantitative estimate of drug-likeness (QED) is 0.623. The molecular weight excluding hydrogens is 240 g/mol. The van der Waals surface area contributed by atoms with Crippen LogP contribution in [0.15, 0.2) is 12.2 Å². The fourth-order valence-electron chi connectivity index (χ4n) is 1.76. The fourth-order valence-corrected chi connectivity index (χ4v) is 1.76. The van der Waals surface area contributed by atoms with Crippen LogP contribution in [0, 0.1) is 0 Å². The molecule has 1 saturated heterocycles. The molecule has 7 heteroatoms. The van der Waals surface area contributed by atoms with Gasteiger partial charge < -0.3 is 0 Å². The third kappa shape index (κ3) is 2.30. The summed E-state index contributed by atoms with van der Waals surface area (Å²) in [4.78, 5) is 51.4. The normalized spacial score (nSPS) is 21.4. The average molecular weight is 252 g/mol. The highest BCUT2D eigenvalue weighted by molar-refractivity contribution is 6.12. The average Bonchev–Trinajstić information content (AvgIpc) is 2.79. The molecular formula is C11H12N2O5. The Kier molecular flexibility index (Phi) is 3.24. The van der Waals surface area contributed by atoms with Crippen LogP contribution in [0.1, 0.15) is 19.8 Å². The van der Waals surface area contributed by atoms with Gasteiger partial charge in [-0.2, -0.15) is 5.06 Å². The molecule has 18 heavy (non-hydrogen) atoms. The summed E-state index contributed by atoms with van der Waals surface area (Å²) in [5, 5.41) is 0.711. The number of carbonyl (C=O) groups is 4. The first-order valence-electron chi connectivity index (χ1n) is 5.55. The van der Waals surface area contributed by atoms with Crippen molar-refractivity contribution >= 4 is 23.6 Å². The zero-order chi connectivity index (χ0) is 13.3. The lowest BCUT2D eigenvalue weighted by Gasteiger charge is -2.22. The van der Waals surface area contributed by atoms with Gasteiger partial charge in [-0.25, -0.2) is 0 Å². The van der Waals surface area contributed by atoms with E-state index in [2.05, 4.69) is 0 Å². The summed E-state index contributed by atoms with van der Waals surface area (Å²) in [7, 11) is 0. The van der Waals surface area contributed by atoms with Crippen LogP contribution in [-0.4, -0.2) is 46.2 Å². The van der Waals surface area contributed by atoms with E-state index in [0.717, 1.165) is 4.90 Å². The minimum atomic E-state index is -0.621. The van der Waals surface area contributed by atoms with E-state index in [4.69, 9.17) is 4.84 Å². The Morgan fingerprint density at radius 3 is 2.11 bits per heavy atom. The molecule has 0 radical (unpaired) electrons. The summed E-state index contributed by atoms with van der Waals surface area (Å²) in [6.07, 6.45) is 1.98. The van der Waals surface area contributed by atoms with Gasteiger partial charge >= 0.3 is 0 Å². The Balaban J connectivity index is 1.91. The number of hydroxylamine groups is 2. The van der Waals surface area contributed by atoms with Gasteiger partial charge in [-0.15, -0.1) is 0 Å². The maximum Gasteiger partial charge on any atom is 0.254 e. The Hall–Kier alpha value is -2.02. The standard InChI is InChI=1S/C11H12N2O5/c1-7(6-12-8(14)2-3-9(12)15)18-13-10(16)4-5-11(13)17/h2-3,7H,4-6H2,1H3. The van der Waals surface area contributed by atoms with Crippen LogP contribution < -0.4 is 0 Å². The van der Waals surface area contributed by atoms with E-state index >= 15 is 0 Å². The minimum Gasteiger partial charge on any atom is -0.273 e. The van der Waals surface area contributed by atoms with Crippen molar-refractivity contribution in [2.24, 2.45) is 0 Å². The molecule has 0 N–H and O–H groups in total. The molecule has 0 aromatic carbocycles. The van der Waals surface area contributed by atoms with Crippen LogP contribution in [0.5, 0.6) is 0 Å². The Labute approximate surface area is 103 Å². The van der Waals surface area contributed by atoms with E-state index < -0.39 is 29.7 Å². The van der Waals surface area contributed by atoms with Crippen molar-refractivity contribution in [2.45, 2.75) is 25.9 Å². The maximum absolute atomic E-state index is 11.3. The van der Waals surface area contributed by atoms with Crippen LogP contribution in [0.2, 0.25) is 0 Å². The molecule has 1 atom stereocenters. The molecule has 0 bridgehead atoms. The Morgan fingerprint density at radius 1 is 1.11 bits per heavy atom. The van der Waals surface area contributed by atoms with Crippen LogP contribution in [-0.2, 0) is 24.0 Å². The number of hydrogen-bond donors (Lipinski definition) is 0. The second-order valence-electron chi connectivity index (χ2n) is 4.12. The van der Waals surface area contributed by atoms with Crippen molar-refractivity contribution in [3.63, 3.8) is 0 Å². The summed E-state index contributed by atoms with van der Waals surface area (Å²) in [5.41, 5.74) is 0. The fraction of sp³-hybridized carbons (Fsp3) is 0.455. The van der Waals surface area contributed by atoms with E-state index in [1.807, 2.05) is 0 Å². The van der Waals surface area contributed by atoms with Crippen molar-refractivity contribution in [1.29, 1.82) is 0 Å². The zero-order valence-corrected chi connectivity index (χ0v) is 9.79. The monoisotopic (exact) mass is 252 g/mol. The van der Waals surface area contributed by atoms with Gasteiger partial charge in [0, 0.05) is 25.0 Å². The molecule has 0 aromatic heterocycles. The van der Waals surface area contributed by atoms with Crippen LogP contribution >= 0.6 is 0 Å². The van der Waals surface area contributed by atoms with Gasteiger partial charge in [0.15, 0.2) is 0 Å². The summed E-state index contributed by atoms with van der Waals surface area (Å²) >= 11 is 0. The minimum absolute atomic E-state index is 0.00171. The molecule has 0 aromatic rings. The molecule has 0 aliphatic carbocycles. The number of imide groups is 2. The summed E-state index contributed by atoms with van der Waals surface area (Å²) in [6.45, 7) is 1.58. The molecule has 1 fully saturated rings. The van der Waals surface area contributed by atoms with E-state index in [9.17, 15) is 19.2 Å². The van der Waals surface area contributed by atoms with Crippen molar-refractivity contribution in [2.75, 3.05) is 6.54 Å². The summed E-state index contributed by atoms with van der Waals surface area (Å²) < 4.78 is 0. The van der Waals surface area contributed by atoms with Gasteiger partial charge in [-0.1, -0.05) is 0 Å². The second kappa shape index (κ2) is 4.69. The van der Waals surface area contributed by atoms with Gasteiger partial charge in [0.25, 0.3) is 23.6 Å². The SMILES string of the molecule is CC(CN1C(=O)C=CC1=O)ON1C(=O)CCC1=O. The van der Waals surface area contributed by atoms with E-state index in [1.54, 1.807) is 6.92 Å². The molecule has 2 heterocycles. The van der Waals surface area contributed by atoms with Crippen molar-refractivity contribution in [1.82, 2.24) is 9.96 Å². The van der Waals surface area contributed by atoms with Crippen molar-refractivity contribution < 1.29 is 24.0 Å². The van der Waals surface area contributed by atoms with Crippen LogP contribution in [0.3, 0.4) is 0 Å². The van der Waals surface area contributed by atoms with Gasteiger partial charge in [0.1, 0.15) is 6.10 Å². The number of amides is 4. The van der Waals surface area contributed by atoms with Gasteiger partial charge in [0.05, 0.1) is 6.54 Å². The first kappa shape index (κ1) is 12.4. The van der Waals surface area contributed by atoms with Gasteiger partial charge in [-0.3, -0.25) is 28.9 Å². The largest absolute Gasteiger partial charge is 0.273 e. The predicted octanol–water partition coefficient (Wildman–Crippen LogP) is -0.619. The highest BCUT2D eigenvalue weighted by Crippen LogP contribution is 2.15. The smallest absolute Gasteiger partial charge is 0.254 e. The number of carbonyl (C=O) groups excluding carboxylic acids is 4. The van der Waals surface area contributed by atoms with Gasteiger partial charge in [-0.05, 0) is 6.92 Å². The maximum atomic E-state index is 11.3. The first-order chi connectivity index (χ1) is 8.49. The lowest BCUT2D eigenvalue weighted by molar-refractivity contribution is -0.201. The lowest BCUT2D eigenvalue weighted by Crippen LogP contribution is -2.41. The number of hydrogen-bond acceptors (Lipinski definition) is 5. The van der Waals surface area contributed by atoms with Crippen LogP contribution in [0.25, 0.3) is 0 Å². The van der Waals surface area contributed by atoms with Crippen molar-refractivity contribution in [3.8, 4) is 0 Å². The molecule has 2 rings (SSSR count). The molecule has 2 aliphatic rings. The Bertz CT molecular complexity index is 418. The summed E-state index contributed by atoms with van der Waals surface area (Å²) in [6, 6.07) is 0. The highest BCUT2D eigenvalue weighted by atomic mass is 16.7. The zero-order valence-electron chi connectivity index (χ0n) is 9.79. The number of rotatable bonds is 4. The molecule has 7 nitrogen and oxygen atoms in total. The third-order valence-electron chi connectivity index (χ3n) is 2.63. The summed E-state index contributed by atoms with van der Waals surface area (Å²) in [5.74, 6) is -1.64. The van der Waals surface area contributed by atoms with E-state index in [1.165, 1.54) is 12.2 Å². The Morgan fingerprint density at radius 2 is 1.61 bits per heavy atom. The first-order valence-corrected chi connectivity index (χ1v) is 5.55.